The normalized spacial score (nSPS) is 27.5. The average Bonchev–Trinajstić information content (AvgIpc) is 2.57. The van der Waals surface area contributed by atoms with Gasteiger partial charge >= 0.3 is 0 Å². The van der Waals surface area contributed by atoms with E-state index in [0.717, 1.165) is 0 Å². The van der Waals surface area contributed by atoms with Gasteiger partial charge in [0.2, 0.25) is 0 Å². The number of hydrazine groups is 2. The Bertz CT molecular complexity index is 258. The van der Waals surface area contributed by atoms with Crippen molar-refractivity contribution in [1.29, 1.82) is 0 Å². The van der Waals surface area contributed by atoms with E-state index >= 15 is 0 Å². The lowest BCUT2D eigenvalue weighted by atomic mass is 9.93. The van der Waals surface area contributed by atoms with Crippen molar-refractivity contribution in [1.82, 2.24) is 16.0 Å². The van der Waals surface area contributed by atoms with Crippen molar-refractivity contribution >= 4 is 0 Å². The van der Waals surface area contributed by atoms with Gasteiger partial charge in [0.25, 0.3) is 0 Å². The molecule has 2 N–H and O–H groups in total. The molecule has 1 unspecified atom stereocenters. The van der Waals surface area contributed by atoms with Gasteiger partial charge in [0.05, 0.1) is 5.70 Å². The van der Waals surface area contributed by atoms with Crippen molar-refractivity contribution < 1.29 is 0 Å². The van der Waals surface area contributed by atoms with Crippen LogP contribution >= 0.6 is 0 Å². The Morgan fingerprint density at radius 1 is 1.27 bits per heavy atom. The molecule has 0 bridgehead atoms. The maximum Gasteiger partial charge on any atom is 0.0546 e. The second kappa shape index (κ2) is 4.44. The first-order valence-corrected chi connectivity index (χ1v) is 6.24. The summed E-state index contributed by atoms with van der Waals surface area (Å²) in [7, 11) is 0. The first-order chi connectivity index (χ1) is 7.20. The molecule has 0 fully saturated rings. The highest BCUT2D eigenvalue weighted by molar-refractivity contribution is 5.18. The first-order valence-electron chi connectivity index (χ1n) is 6.24. The molecule has 0 aromatic rings. The molecule has 1 atom stereocenters. The van der Waals surface area contributed by atoms with Gasteiger partial charge in [-0.05, 0) is 39.0 Å². The monoisotopic (exact) mass is 209 g/mol. The topological polar surface area (TPSA) is 27.3 Å². The fourth-order valence-electron chi connectivity index (χ4n) is 2.60. The van der Waals surface area contributed by atoms with Gasteiger partial charge in [-0.25, -0.2) is 0 Å². The van der Waals surface area contributed by atoms with E-state index in [4.69, 9.17) is 0 Å². The number of allylic oxidation sites excluding steroid dienone is 2. The van der Waals surface area contributed by atoms with Gasteiger partial charge in [0, 0.05) is 11.7 Å². The summed E-state index contributed by atoms with van der Waals surface area (Å²) in [5.74, 6) is 0.685. The zero-order valence-electron chi connectivity index (χ0n) is 10.1. The van der Waals surface area contributed by atoms with Crippen LogP contribution in [0, 0.1) is 5.92 Å². The highest BCUT2D eigenvalue weighted by atomic mass is 15.7. The summed E-state index contributed by atoms with van der Waals surface area (Å²) in [4.78, 5) is 0. The van der Waals surface area contributed by atoms with Gasteiger partial charge in [0.1, 0.15) is 0 Å². The Kier molecular flexibility index (Phi) is 3.19. The Morgan fingerprint density at radius 2 is 2.07 bits per heavy atom. The highest BCUT2D eigenvalue weighted by Crippen LogP contribution is 2.31. The molecule has 86 valence electrons. The third-order valence-corrected chi connectivity index (χ3v) is 3.44. The zero-order valence-corrected chi connectivity index (χ0v) is 10.1. The van der Waals surface area contributed by atoms with E-state index in [-0.39, 0.29) is 0 Å². The number of hydrogen-bond acceptors (Lipinski definition) is 3. The van der Waals surface area contributed by atoms with Crippen LogP contribution in [0.1, 0.15) is 52.9 Å². The van der Waals surface area contributed by atoms with Crippen molar-refractivity contribution in [3.63, 3.8) is 0 Å². The molecule has 0 radical (unpaired) electrons. The van der Waals surface area contributed by atoms with Crippen molar-refractivity contribution in [2.75, 3.05) is 0 Å². The SMILES string of the molecule is CC1CCCCCC2=C1N(C(C)C)NN2. The first kappa shape index (κ1) is 10.8. The summed E-state index contributed by atoms with van der Waals surface area (Å²) in [5.41, 5.74) is 9.57. The quantitative estimate of drug-likeness (QED) is 0.695. The van der Waals surface area contributed by atoms with Gasteiger partial charge in [-0.1, -0.05) is 19.8 Å². The van der Waals surface area contributed by atoms with Crippen molar-refractivity contribution in [2.24, 2.45) is 5.92 Å². The second-order valence-electron chi connectivity index (χ2n) is 5.06. The molecule has 0 spiro atoms. The molecule has 3 heteroatoms. The fraction of sp³-hybridized carbons (Fsp3) is 0.833. The second-order valence-corrected chi connectivity index (χ2v) is 5.06. The summed E-state index contributed by atoms with van der Waals surface area (Å²) in [6.45, 7) is 6.82. The predicted octanol–water partition coefficient (Wildman–Crippen LogP) is 2.53. The van der Waals surface area contributed by atoms with E-state index in [1.54, 1.807) is 0 Å². The molecule has 0 amide bonds. The van der Waals surface area contributed by atoms with Crippen molar-refractivity contribution in [2.45, 2.75) is 58.9 Å². The third-order valence-electron chi connectivity index (χ3n) is 3.44. The number of rotatable bonds is 1. The van der Waals surface area contributed by atoms with Crippen LogP contribution in [0.5, 0.6) is 0 Å². The standard InChI is InChI=1S/C12H23N3/c1-9(2)15-12-10(3)7-5-4-6-8-11(12)13-14-15/h9-10,13-14H,4-8H2,1-3H3. The predicted molar refractivity (Wildman–Crippen MR) is 62.5 cm³/mol. The lowest BCUT2D eigenvalue weighted by Gasteiger charge is -2.29. The van der Waals surface area contributed by atoms with E-state index in [1.165, 1.54) is 43.5 Å². The molecule has 1 aliphatic heterocycles. The van der Waals surface area contributed by atoms with Crippen LogP contribution in [0.15, 0.2) is 11.4 Å². The van der Waals surface area contributed by atoms with Crippen LogP contribution in [0.25, 0.3) is 0 Å². The number of nitrogens with zero attached hydrogens (tertiary/aromatic N) is 1. The van der Waals surface area contributed by atoms with Crippen LogP contribution in [0.2, 0.25) is 0 Å². The van der Waals surface area contributed by atoms with Crippen LogP contribution < -0.4 is 11.0 Å². The van der Waals surface area contributed by atoms with E-state index in [9.17, 15) is 0 Å². The van der Waals surface area contributed by atoms with Crippen LogP contribution in [-0.2, 0) is 0 Å². The van der Waals surface area contributed by atoms with Gasteiger partial charge in [-0.3, -0.25) is 5.01 Å². The zero-order chi connectivity index (χ0) is 10.8. The Hall–Kier alpha value is -0.700. The molecule has 0 aromatic carbocycles. The maximum atomic E-state index is 3.34. The van der Waals surface area contributed by atoms with Gasteiger partial charge in [-0.2, -0.15) is 0 Å². The smallest absolute Gasteiger partial charge is 0.0546 e. The number of nitrogens with one attached hydrogen (secondary N) is 2. The molecular formula is C12H23N3. The van der Waals surface area contributed by atoms with E-state index in [2.05, 4.69) is 36.7 Å². The summed E-state index contributed by atoms with van der Waals surface area (Å²) in [6.07, 6.45) is 6.61. The maximum absolute atomic E-state index is 3.34. The number of hydrogen-bond donors (Lipinski definition) is 2. The molecule has 0 saturated carbocycles. The minimum absolute atomic E-state index is 0.520. The molecule has 1 heterocycles. The Balaban J connectivity index is 2.21. The molecule has 0 aromatic heterocycles. The highest BCUT2D eigenvalue weighted by Gasteiger charge is 2.28. The van der Waals surface area contributed by atoms with E-state index in [0.29, 0.717) is 12.0 Å². The molecule has 3 nitrogen and oxygen atoms in total. The lowest BCUT2D eigenvalue weighted by molar-refractivity contribution is 0.182. The Morgan fingerprint density at radius 3 is 2.80 bits per heavy atom. The molecule has 15 heavy (non-hydrogen) atoms. The van der Waals surface area contributed by atoms with E-state index < -0.39 is 0 Å². The molecular weight excluding hydrogens is 186 g/mol. The lowest BCUT2D eigenvalue weighted by Crippen LogP contribution is -2.43. The molecule has 2 aliphatic rings. The van der Waals surface area contributed by atoms with Crippen LogP contribution in [-0.4, -0.2) is 11.1 Å². The van der Waals surface area contributed by atoms with Crippen molar-refractivity contribution in [3.8, 4) is 0 Å². The van der Waals surface area contributed by atoms with Gasteiger partial charge < -0.3 is 5.43 Å². The molecule has 1 aliphatic carbocycles. The fourth-order valence-corrected chi connectivity index (χ4v) is 2.60. The Labute approximate surface area is 92.9 Å². The van der Waals surface area contributed by atoms with E-state index in [1.807, 2.05) is 0 Å². The van der Waals surface area contributed by atoms with Crippen LogP contribution in [0.3, 0.4) is 0 Å². The third kappa shape index (κ3) is 2.12. The summed E-state index contributed by atoms with van der Waals surface area (Å²) >= 11 is 0. The molecule has 2 rings (SSSR count). The van der Waals surface area contributed by atoms with Crippen molar-refractivity contribution in [3.05, 3.63) is 11.4 Å². The summed E-state index contributed by atoms with van der Waals surface area (Å²) in [5, 5.41) is 2.30. The molecule has 0 saturated heterocycles. The summed E-state index contributed by atoms with van der Waals surface area (Å²) in [6, 6.07) is 0.520. The van der Waals surface area contributed by atoms with Crippen LogP contribution in [0.4, 0.5) is 0 Å². The summed E-state index contributed by atoms with van der Waals surface area (Å²) < 4.78 is 0. The van der Waals surface area contributed by atoms with Gasteiger partial charge in [0.15, 0.2) is 0 Å². The average molecular weight is 209 g/mol. The largest absolute Gasteiger partial charge is 0.306 e. The minimum atomic E-state index is 0.520. The minimum Gasteiger partial charge on any atom is -0.306 e. The van der Waals surface area contributed by atoms with Gasteiger partial charge in [-0.15, -0.1) is 5.53 Å².